The molecule has 1 saturated heterocycles. The van der Waals surface area contributed by atoms with Crippen LogP contribution < -0.4 is 5.32 Å². The van der Waals surface area contributed by atoms with Gasteiger partial charge in [-0.1, -0.05) is 23.7 Å². The van der Waals surface area contributed by atoms with Gasteiger partial charge in [-0.05, 0) is 55.8 Å². The normalized spacial score (nSPS) is 16.9. The van der Waals surface area contributed by atoms with Crippen molar-refractivity contribution in [2.45, 2.75) is 25.9 Å². The minimum Gasteiger partial charge on any atom is -0.348 e. The van der Waals surface area contributed by atoms with Gasteiger partial charge in [-0.15, -0.1) is 0 Å². The van der Waals surface area contributed by atoms with E-state index in [1.54, 1.807) is 41.3 Å². The molecule has 154 valence electrons. The quantitative estimate of drug-likeness (QED) is 0.810. The first-order valence-corrected chi connectivity index (χ1v) is 10.1. The number of carbonyl (C=O) groups excluding carboxylic acids is 2. The molecule has 0 aromatic heterocycles. The van der Waals surface area contributed by atoms with E-state index in [-0.39, 0.29) is 29.7 Å². The number of hydrogen-bond donors (Lipinski definition) is 1. The van der Waals surface area contributed by atoms with Crippen LogP contribution in [0.2, 0.25) is 5.02 Å². The lowest BCUT2D eigenvalue weighted by molar-refractivity contribution is -0.127. The summed E-state index contributed by atoms with van der Waals surface area (Å²) in [6.07, 6.45) is 0. The highest BCUT2D eigenvalue weighted by molar-refractivity contribution is 6.30. The Kier molecular flexibility index (Phi) is 6.87. The van der Waals surface area contributed by atoms with Gasteiger partial charge in [-0.3, -0.25) is 14.5 Å². The van der Waals surface area contributed by atoms with Gasteiger partial charge in [0.2, 0.25) is 5.91 Å². The van der Waals surface area contributed by atoms with E-state index in [4.69, 9.17) is 11.6 Å². The first kappa shape index (κ1) is 21.3. The van der Waals surface area contributed by atoms with Crippen LogP contribution in [0.25, 0.3) is 0 Å². The first-order chi connectivity index (χ1) is 13.8. The van der Waals surface area contributed by atoms with Gasteiger partial charge in [0, 0.05) is 36.8 Å². The van der Waals surface area contributed by atoms with Crippen LogP contribution in [0.3, 0.4) is 0 Å². The Morgan fingerprint density at radius 2 is 1.55 bits per heavy atom. The average molecular weight is 418 g/mol. The molecule has 1 fully saturated rings. The fraction of sp³-hybridized carbons (Fsp3) is 0.364. The van der Waals surface area contributed by atoms with Crippen molar-refractivity contribution in [3.05, 3.63) is 70.5 Å². The van der Waals surface area contributed by atoms with E-state index < -0.39 is 0 Å². The fourth-order valence-corrected chi connectivity index (χ4v) is 3.55. The van der Waals surface area contributed by atoms with E-state index >= 15 is 0 Å². The Morgan fingerprint density at radius 3 is 2.14 bits per heavy atom. The van der Waals surface area contributed by atoms with Crippen molar-refractivity contribution in [2.24, 2.45) is 0 Å². The second-order valence-corrected chi connectivity index (χ2v) is 7.73. The predicted molar refractivity (Wildman–Crippen MR) is 111 cm³/mol. The lowest BCUT2D eigenvalue weighted by Crippen LogP contribution is -2.55. The molecule has 0 aliphatic carbocycles. The maximum Gasteiger partial charge on any atom is 0.253 e. The van der Waals surface area contributed by atoms with Gasteiger partial charge in [0.25, 0.3) is 5.91 Å². The van der Waals surface area contributed by atoms with Crippen LogP contribution in [0.4, 0.5) is 4.39 Å². The van der Waals surface area contributed by atoms with Gasteiger partial charge in [0.1, 0.15) is 5.82 Å². The summed E-state index contributed by atoms with van der Waals surface area (Å²) in [5.41, 5.74) is 1.46. The zero-order valence-electron chi connectivity index (χ0n) is 16.6. The zero-order valence-corrected chi connectivity index (χ0v) is 17.3. The third kappa shape index (κ3) is 5.34. The monoisotopic (exact) mass is 417 g/mol. The van der Waals surface area contributed by atoms with Crippen LogP contribution in [0.15, 0.2) is 48.5 Å². The van der Waals surface area contributed by atoms with Gasteiger partial charge in [0.15, 0.2) is 0 Å². The molecule has 29 heavy (non-hydrogen) atoms. The lowest BCUT2D eigenvalue weighted by atomic mass is 10.1. The van der Waals surface area contributed by atoms with E-state index in [0.29, 0.717) is 36.8 Å². The number of nitrogens with one attached hydrogen (secondary N) is 1. The van der Waals surface area contributed by atoms with Crippen molar-refractivity contribution in [1.82, 2.24) is 15.1 Å². The highest BCUT2D eigenvalue weighted by Crippen LogP contribution is 2.16. The third-order valence-electron chi connectivity index (χ3n) is 5.35. The predicted octanol–water partition coefficient (Wildman–Crippen LogP) is 3.50. The number of piperazine rings is 1. The number of carbonyl (C=O) groups is 2. The Balaban J connectivity index is 1.51. The number of nitrogens with zero attached hydrogens (tertiary/aromatic N) is 2. The van der Waals surface area contributed by atoms with Crippen LogP contribution in [0.1, 0.15) is 35.8 Å². The van der Waals surface area contributed by atoms with Crippen molar-refractivity contribution in [2.75, 3.05) is 26.2 Å². The third-order valence-corrected chi connectivity index (χ3v) is 5.60. The molecule has 0 spiro atoms. The Hall–Kier alpha value is -2.44. The molecule has 0 bridgehead atoms. The van der Waals surface area contributed by atoms with Gasteiger partial charge in [0.05, 0.1) is 12.1 Å². The van der Waals surface area contributed by atoms with Crippen LogP contribution in [0.5, 0.6) is 0 Å². The summed E-state index contributed by atoms with van der Waals surface area (Å²) >= 11 is 5.88. The van der Waals surface area contributed by atoms with Gasteiger partial charge >= 0.3 is 0 Å². The maximum atomic E-state index is 13.1. The van der Waals surface area contributed by atoms with Crippen molar-refractivity contribution in [3.8, 4) is 0 Å². The first-order valence-electron chi connectivity index (χ1n) is 9.70. The standard InChI is InChI=1S/C22H25ClFN3O2/c1-15(17-5-9-20(24)10-6-17)25-21(28)16(2)26-11-13-27(14-12-26)22(29)18-3-7-19(23)8-4-18/h3-10,15-16H,11-14H2,1-2H3,(H,25,28). The molecular formula is C22H25ClFN3O2. The Bertz CT molecular complexity index is 849. The highest BCUT2D eigenvalue weighted by atomic mass is 35.5. The molecule has 1 heterocycles. The summed E-state index contributed by atoms with van der Waals surface area (Å²) in [6, 6.07) is 12.5. The van der Waals surface area contributed by atoms with Crippen molar-refractivity contribution < 1.29 is 14.0 Å². The van der Waals surface area contributed by atoms with Gasteiger partial charge in [-0.2, -0.15) is 0 Å². The molecule has 1 aliphatic rings. The summed E-state index contributed by atoms with van der Waals surface area (Å²) < 4.78 is 13.1. The van der Waals surface area contributed by atoms with Crippen molar-refractivity contribution >= 4 is 23.4 Å². The molecule has 1 N–H and O–H groups in total. The number of amides is 2. The maximum absolute atomic E-state index is 13.1. The molecule has 1 aliphatic heterocycles. The Morgan fingerprint density at radius 1 is 0.966 bits per heavy atom. The minimum atomic E-state index is -0.314. The molecule has 2 unspecified atom stereocenters. The van der Waals surface area contributed by atoms with E-state index in [9.17, 15) is 14.0 Å². The van der Waals surface area contributed by atoms with Crippen LogP contribution in [-0.2, 0) is 4.79 Å². The fourth-order valence-electron chi connectivity index (χ4n) is 3.42. The molecule has 0 radical (unpaired) electrons. The highest BCUT2D eigenvalue weighted by Gasteiger charge is 2.28. The number of halogens is 2. The van der Waals surface area contributed by atoms with Crippen LogP contribution in [-0.4, -0.2) is 53.8 Å². The molecule has 0 saturated carbocycles. The van der Waals surface area contributed by atoms with Gasteiger partial charge < -0.3 is 10.2 Å². The summed E-state index contributed by atoms with van der Waals surface area (Å²) in [4.78, 5) is 29.1. The molecule has 2 aromatic rings. The summed E-state index contributed by atoms with van der Waals surface area (Å²) in [6.45, 7) is 6.11. The minimum absolute atomic E-state index is 0.0247. The van der Waals surface area contributed by atoms with E-state index in [1.165, 1.54) is 12.1 Å². The molecular weight excluding hydrogens is 393 g/mol. The SMILES string of the molecule is CC(NC(=O)C(C)N1CCN(C(=O)c2ccc(Cl)cc2)CC1)c1ccc(F)cc1. The number of rotatable bonds is 5. The molecule has 7 heteroatoms. The number of hydrogen-bond acceptors (Lipinski definition) is 3. The smallest absolute Gasteiger partial charge is 0.253 e. The summed E-state index contributed by atoms with van der Waals surface area (Å²) in [7, 11) is 0. The second kappa shape index (κ2) is 9.37. The van der Waals surface area contributed by atoms with E-state index in [2.05, 4.69) is 10.2 Å². The number of benzene rings is 2. The summed E-state index contributed by atoms with van der Waals surface area (Å²) in [5, 5.41) is 3.58. The van der Waals surface area contributed by atoms with E-state index in [1.807, 2.05) is 13.8 Å². The molecule has 2 atom stereocenters. The van der Waals surface area contributed by atoms with Crippen LogP contribution in [0, 0.1) is 5.82 Å². The molecule has 2 amide bonds. The lowest BCUT2D eigenvalue weighted by Gasteiger charge is -2.37. The van der Waals surface area contributed by atoms with Crippen molar-refractivity contribution in [1.29, 1.82) is 0 Å². The summed E-state index contributed by atoms with van der Waals surface area (Å²) in [5.74, 6) is -0.408. The Labute approximate surface area is 175 Å². The van der Waals surface area contributed by atoms with Crippen LogP contribution >= 0.6 is 11.6 Å². The van der Waals surface area contributed by atoms with E-state index in [0.717, 1.165) is 5.56 Å². The molecule has 2 aromatic carbocycles. The van der Waals surface area contributed by atoms with Crippen molar-refractivity contribution in [3.63, 3.8) is 0 Å². The molecule has 3 rings (SSSR count). The zero-order chi connectivity index (χ0) is 21.0. The average Bonchev–Trinajstić information content (AvgIpc) is 2.73. The largest absolute Gasteiger partial charge is 0.348 e. The molecule has 5 nitrogen and oxygen atoms in total. The second-order valence-electron chi connectivity index (χ2n) is 7.29. The van der Waals surface area contributed by atoms with Gasteiger partial charge in [-0.25, -0.2) is 4.39 Å². The topological polar surface area (TPSA) is 52.7 Å².